The zero-order valence-corrected chi connectivity index (χ0v) is 17.0. The molecule has 0 heterocycles. The zero-order chi connectivity index (χ0) is 20.5. The van der Waals surface area contributed by atoms with E-state index < -0.39 is 0 Å². The van der Waals surface area contributed by atoms with Crippen LogP contribution in [0.25, 0.3) is 0 Å². The summed E-state index contributed by atoms with van der Waals surface area (Å²) in [5.74, 6) is 0.949. The van der Waals surface area contributed by atoms with Gasteiger partial charge in [-0.2, -0.15) is 5.26 Å². The predicted octanol–water partition coefficient (Wildman–Crippen LogP) is 4.41. The molecule has 2 aromatic rings. The number of hydrogen-bond donors (Lipinski definition) is 1. The number of nitrogens with one attached hydrogen (secondary N) is 1. The highest BCUT2D eigenvalue weighted by Crippen LogP contribution is 2.28. The number of carbonyl (C=O) groups is 1. The standard InChI is InChI=1S/C23H28N2O3/c1-5-17-7-10-19(11-8-17)23(16(3)4)25-22(26)15-28-20-12-9-18(14-24)13-21(20)27-6-2/h7-13,16,23H,5-6,15H2,1-4H3,(H,25,26). The fourth-order valence-corrected chi connectivity index (χ4v) is 2.92. The van der Waals surface area contributed by atoms with E-state index in [1.807, 2.05) is 6.92 Å². The van der Waals surface area contributed by atoms with Gasteiger partial charge in [0.15, 0.2) is 18.1 Å². The second-order valence-corrected chi connectivity index (χ2v) is 6.88. The Bertz CT molecular complexity index is 823. The van der Waals surface area contributed by atoms with Gasteiger partial charge in [0.1, 0.15) is 0 Å². The lowest BCUT2D eigenvalue weighted by molar-refractivity contribution is -0.124. The van der Waals surface area contributed by atoms with Gasteiger partial charge in [-0.15, -0.1) is 0 Å². The second-order valence-electron chi connectivity index (χ2n) is 6.88. The second kappa shape index (κ2) is 10.4. The number of nitrogens with zero attached hydrogens (tertiary/aromatic N) is 1. The third-order valence-corrected chi connectivity index (χ3v) is 4.46. The van der Waals surface area contributed by atoms with Gasteiger partial charge in [0, 0.05) is 6.07 Å². The molecule has 0 fully saturated rings. The first-order valence-electron chi connectivity index (χ1n) is 9.66. The van der Waals surface area contributed by atoms with E-state index in [0.717, 1.165) is 12.0 Å². The minimum absolute atomic E-state index is 0.0886. The van der Waals surface area contributed by atoms with E-state index in [2.05, 4.69) is 56.4 Å². The number of rotatable bonds is 9. The molecule has 0 bridgehead atoms. The molecule has 0 aliphatic carbocycles. The number of nitriles is 1. The van der Waals surface area contributed by atoms with E-state index in [0.29, 0.717) is 23.7 Å². The number of amides is 1. The normalized spacial score (nSPS) is 11.6. The summed E-state index contributed by atoms with van der Waals surface area (Å²) in [4.78, 5) is 12.5. The molecule has 1 amide bonds. The Morgan fingerprint density at radius 3 is 2.36 bits per heavy atom. The third-order valence-electron chi connectivity index (χ3n) is 4.46. The zero-order valence-electron chi connectivity index (χ0n) is 17.0. The summed E-state index contributed by atoms with van der Waals surface area (Å²) in [5, 5.41) is 12.1. The molecule has 0 radical (unpaired) electrons. The van der Waals surface area contributed by atoms with Crippen molar-refractivity contribution in [1.29, 1.82) is 5.26 Å². The summed E-state index contributed by atoms with van der Waals surface area (Å²) < 4.78 is 11.2. The smallest absolute Gasteiger partial charge is 0.258 e. The monoisotopic (exact) mass is 380 g/mol. The summed E-state index contributed by atoms with van der Waals surface area (Å²) in [6.45, 7) is 8.45. The number of benzene rings is 2. The number of carbonyl (C=O) groups excluding carboxylic acids is 1. The maximum Gasteiger partial charge on any atom is 0.258 e. The SMILES string of the molecule is CCOc1cc(C#N)ccc1OCC(=O)NC(c1ccc(CC)cc1)C(C)C. The lowest BCUT2D eigenvalue weighted by Crippen LogP contribution is -2.35. The van der Waals surface area contributed by atoms with Crippen molar-refractivity contribution in [2.24, 2.45) is 5.92 Å². The molecule has 0 aromatic heterocycles. The van der Waals surface area contributed by atoms with E-state index in [-0.39, 0.29) is 24.5 Å². The van der Waals surface area contributed by atoms with Gasteiger partial charge < -0.3 is 14.8 Å². The highest BCUT2D eigenvalue weighted by atomic mass is 16.5. The highest BCUT2D eigenvalue weighted by Gasteiger charge is 2.19. The van der Waals surface area contributed by atoms with E-state index in [9.17, 15) is 4.79 Å². The molecular weight excluding hydrogens is 352 g/mol. The van der Waals surface area contributed by atoms with Gasteiger partial charge in [-0.1, -0.05) is 45.0 Å². The molecule has 2 aromatic carbocycles. The van der Waals surface area contributed by atoms with Crippen LogP contribution < -0.4 is 14.8 Å². The fourth-order valence-electron chi connectivity index (χ4n) is 2.92. The van der Waals surface area contributed by atoms with Crippen LogP contribution in [0.1, 0.15) is 50.4 Å². The van der Waals surface area contributed by atoms with E-state index in [4.69, 9.17) is 14.7 Å². The van der Waals surface area contributed by atoms with Gasteiger partial charge in [0.25, 0.3) is 5.91 Å². The largest absolute Gasteiger partial charge is 0.490 e. The average Bonchev–Trinajstić information content (AvgIpc) is 2.71. The molecular formula is C23H28N2O3. The Labute approximate surface area is 167 Å². The molecule has 0 saturated heterocycles. The van der Waals surface area contributed by atoms with Crippen LogP contribution in [-0.4, -0.2) is 19.1 Å². The van der Waals surface area contributed by atoms with Gasteiger partial charge in [0.05, 0.1) is 24.3 Å². The van der Waals surface area contributed by atoms with Crippen molar-refractivity contribution in [2.45, 2.75) is 40.2 Å². The molecule has 5 heteroatoms. The van der Waals surface area contributed by atoms with E-state index in [1.165, 1.54) is 5.56 Å². The molecule has 1 atom stereocenters. The highest BCUT2D eigenvalue weighted by molar-refractivity contribution is 5.78. The van der Waals surface area contributed by atoms with Crippen LogP contribution in [0, 0.1) is 17.2 Å². The molecule has 5 nitrogen and oxygen atoms in total. The molecule has 0 aliphatic heterocycles. The maximum absolute atomic E-state index is 12.5. The van der Waals surface area contributed by atoms with Crippen LogP contribution in [0.3, 0.4) is 0 Å². The number of ether oxygens (including phenoxy) is 2. The summed E-state index contributed by atoms with van der Waals surface area (Å²) in [5.41, 5.74) is 2.83. The minimum atomic E-state index is -0.204. The summed E-state index contributed by atoms with van der Waals surface area (Å²) in [6.07, 6.45) is 0.986. The predicted molar refractivity (Wildman–Crippen MR) is 109 cm³/mol. The van der Waals surface area contributed by atoms with Crippen molar-refractivity contribution >= 4 is 5.91 Å². The quantitative estimate of drug-likeness (QED) is 0.699. The van der Waals surface area contributed by atoms with Crippen LogP contribution in [-0.2, 0) is 11.2 Å². The summed E-state index contributed by atoms with van der Waals surface area (Å²) >= 11 is 0. The summed E-state index contributed by atoms with van der Waals surface area (Å²) in [6, 6.07) is 15.2. The van der Waals surface area contributed by atoms with Crippen LogP contribution in [0.15, 0.2) is 42.5 Å². The molecule has 148 valence electrons. The molecule has 0 spiro atoms. The van der Waals surface area contributed by atoms with Crippen molar-refractivity contribution in [1.82, 2.24) is 5.32 Å². The number of aryl methyl sites for hydroxylation is 1. The molecule has 28 heavy (non-hydrogen) atoms. The Hall–Kier alpha value is -3.00. The molecule has 0 aliphatic rings. The van der Waals surface area contributed by atoms with Crippen molar-refractivity contribution in [3.63, 3.8) is 0 Å². The van der Waals surface area contributed by atoms with E-state index in [1.54, 1.807) is 18.2 Å². The van der Waals surface area contributed by atoms with Crippen molar-refractivity contribution in [3.05, 3.63) is 59.2 Å². The molecule has 0 saturated carbocycles. The molecule has 1 N–H and O–H groups in total. The average molecular weight is 380 g/mol. The lowest BCUT2D eigenvalue weighted by atomic mass is 9.95. The Balaban J connectivity index is 2.04. The van der Waals surface area contributed by atoms with Gasteiger partial charge in [0.2, 0.25) is 0 Å². The van der Waals surface area contributed by atoms with Gasteiger partial charge in [-0.05, 0) is 42.5 Å². The van der Waals surface area contributed by atoms with Gasteiger partial charge in [-0.25, -0.2) is 0 Å². The Kier molecular flexibility index (Phi) is 7.88. The van der Waals surface area contributed by atoms with Crippen LogP contribution in [0.2, 0.25) is 0 Å². The first-order chi connectivity index (χ1) is 13.5. The number of hydrogen-bond acceptors (Lipinski definition) is 4. The molecule has 1 unspecified atom stereocenters. The molecule has 2 rings (SSSR count). The van der Waals surface area contributed by atoms with Gasteiger partial charge in [-0.3, -0.25) is 4.79 Å². The van der Waals surface area contributed by atoms with Crippen molar-refractivity contribution in [2.75, 3.05) is 13.2 Å². The summed E-state index contributed by atoms with van der Waals surface area (Å²) in [7, 11) is 0. The topological polar surface area (TPSA) is 71.3 Å². The van der Waals surface area contributed by atoms with Crippen LogP contribution in [0.4, 0.5) is 0 Å². The minimum Gasteiger partial charge on any atom is -0.490 e. The van der Waals surface area contributed by atoms with E-state index >= 15 is 0 Å². The Morgan fingerprint density at radius 2 is 1.79 bits per heavy atom. The maximum atomic E-state index is 12.5. The van der Waals surface area contributed by atoms with Crippen molar-refractivity contribution < 1.29 is 14.3 Å². The van der Waals surface area contributed by atoms with Crippen LogP contribution in [0.5, 0.6) is 11.5 Å². The van der Waals surface area contributed by atoms with Crippen LogP contribution >= 0.6 is 0 Å². The van der Waals surface area contributed by atoms with Crippen molar-refractivity contribution in [3.8, 4) is 17.6 Å². The van der Waals surface area contributed by atoms with Gasteiger partial charge >= 0.3 is 0 Å². The fraction of sp³-hybridized carbons (Fsp3) is 0.391. The lowest BCUT2D eigenvalue weighted by Gasteiger charge is -2.23. The first kappa shape index (κ1) is 21.3. The first-order valence-corrected chi connectivity index (χ1v) is 9.66. The third kappa shape index (κ3) is 5.75. The Morgan fingerprint density at radius 1 is 1.07 bits per heavy atom.